The van der Waals surface area contributed by atoms with Crippen molar-refractivity contribution in [2.45, 2.75) is 27.7 Å². The number of rotatable bonds is 6. The first-order valence-electron chi connectivity index (χ1n) is 7.96. The van der Waals surface area contributed by atoms with E-state index in [9.17, 15) is 4.79 Å². The fraction of sp³-hybridized carbons (Fsp3) is 0.444. The van der Waals surface area contributed by atoms with Gasteiger partial charge in [0.2, 0.25) is 5.88 Å². The lowest BCUT2D eigenvalue weighted by molar-refractivity contribution is -0.132. The summed E-state index contributed by atoms with van der Waals surface area (Å²) in [5.74, 6) is 1.19. The van der Waals surface area contributed by atoms with E-state index in [-0.39, 0.29) is 0 Å². The van der Waals surface area contributed by atoms with Crippen LogP contribution < -0.4 is 19.1 Å². The Balaban J connectivity index is 2.87. The highest BCUT2D eigenvalue weighted by molar-refractivity contribution is 6.00. The van der Waals surface area contributed by atoms with Crippen molar-refractivity contribution in [3.05, 3.63) is 17.8 Å². The summed E-state index contributed by atoms with van der Waals surface area (Å²) in [5, 5.41) is 1.85. The second-order valence-corrected chi connectivity index (χ2v) is 5.37. The Labute approximate surface area is 142 Å². The molecule has 2 rings (SSSR count). The van der Waals surface area contributed by atoms with Crippen molar-refractivity contribution < 1.29 is 19.0 Å². The molecule has 0 saturated carbocycles. The maximum atomic E-state index is 11.5. The van der Waals surface area contributed by atoms with Crippen molar-refractivity contribution in [3.8, 4) is 17.4 Å². The fourth-order valence-corrected chi connectivity index (χ4v) is 2.81. The van der Waals surface area contributed by atoms with E-state index in [1.165, 1.54) is 6.92 Å². The maximum absolute atomic E-state index is 11.5. The quantitative estimate of drug-likeness (QED) is 0.756. The minimum atomic E-state index is -0.393. The summed E-state index contributed by atoms with van der Waals surface area (Å²) in [6.07, 6.45) is 0. The standard InChI is InChI=1S/C18H24N2O4/c1-7-20(8-2)17-14-10-16(23-6)15(22-5)9-13(14)11(3)19-18(17)24-12(4)21/h9-10H,7-8H2,1-6H3. The minimum Gasteiger partial charge on any atom is -0.493 e. The summed E-state index contributed by atoms with van der Waals surface area (Å²) in [5.41, 5.74) is 1.55. The third kappa shape index (κ3) is 3.22. The molecule has 2 aromatic rings. The number of hydrogen-bond donors (Lipinski definition) is 0. The zero-order valence-electron chi connectivity index (χ0n) is 15.1. The average molecular weight is 332 g/mol. The number of carbonyl (C=O) groups excluding carboxylic acids is 1. The monoisotopic (exact) mass is 332 g/mol. The van der Waals surface area contributed by atoms with Gasteiger partial charge in [-0.2, -0.15) is 0 Å². The molecule has 0 aliphatic heterocycles. The summed E-state index contributed by atoms with van der Waals surface area (Å²) >= 11 is 0. The number of ether oxygens (including phenoxy) is 3. The first kappa shape index (κ1) is 17.8. The molecule has 6 heteroatoms. The molecule has 0 fully saturated rings. The number of methoxy groups -OCH3 is 2. The van der Waals surface area contributed by atoms with Crippen LogP contribution in [0.15, 0.2) is 12.1 Å². The van der Waals surface area contributed by atoms with Gasteiger partial charge in [0.25, 0.3) is 0 Å². The highest BCUT2D eigenvalue weighted by Gasteiger charge is 2.21. The van der Waals surface area contributed by atoms with Gasteiger partial charge < -0.3 is 19.1 Å². The van der Waals surface area contributed by atoms with E-state index in [2.05, 4.69) is 9.88 Å². The van der Waals surface area contributed by atoms with Crippen LogP contribution in [0.1, 0.15) is 26.5 Å². The molecule has 0 radical (unpaired) electrons. The van der Waals surface area contributed by atoms with Gasteiger partial charge in [-0.1, -0.05) is 0 Å². The van der Waals surface area contributed by atoms with Gasteiger partial charge in [-0.15, -0.1) is 0 Å². The molecule has 130 valence electrons. The van der Waals surface area contributed by atoms with Gasteiger partial charge in [-0.25, -0.2) is 4.98 Å². The Morgan fingerprint density at radius 1 is 1.08 bits per heavy atom. The summed E-state index contributed by atoms with van der Waals surface area (Å²) in [6.45, 7) is 8.88. The van der Waals surface area contributed by atoms with Crippen LogP contribution in [0.5, 0.6) is 17.4 Å². The predicted molar refractivity (Wildman–Crippen MR) is 94.5 cm³/mol. The minimum absolute atomic E-state index is 0.323. The van der Waals surface area contributed by atoms with Crippen LogP contribution in [-0.4, -0.2) is 38.3 Å². The molecule has 0 aliphatic rings. The van der Waals surface area contributed by atoms with E-state index in [4.69, 9.17) is 14.2 Å². The van der Waals surface area contributed by atoms with Crippen LogP contribution in [0, 0.1) is 6.92 Å². The molecule has 0 saturated heterocycles. The van der Waals surface area contributed by atoms with Crippen LogP contribution >= 0.6 is 0 Å². The molecule has 1 aromatic heterocycles. The van der Waals surface area contributed by atoms with Gasteiger partial charge in [-0.3, -0.25) is 4.79 Å². The smallest absolute Gasteiger partial charge is 0.309 e. The number of nitrogens with zero attached hydrogens (tertiary/aromatic N) is 2. The molecule has 24 heavy (non-hydrogen) atoms. The number of benzene rings is 1. The Hall–Kier alpha value is -2.50. The maximum Gasteiger partial charge on any atom is 0.309 e. The number of fused-ring (bicyclic) bond motifs is 1. The lowest BCUT2D eigenvalue weighted by Gasteiger charge is -2.25. The fourth-order valence-electron chi connectivity index (χ4n) is 2.81. The topological polar surface area (TPSA) is 60.9 Å². The number of hydrogen-bond acceptors (Lipinski definition) is 6. The summed E-state index contributed by atoms with van der Waals surface area (Å²) in [4.78, 5) is 18.1. The second-order valence-electron chi connectivity index (χ2n) is 5.37. The first-order chi connectivity index (χ1) is 11.5. The highest BCUT2D eigenvalue weighted by Crippen LogP contribution is 2.41. The van der Waals surface area contributed by atoms with E-state index in [1.54, 1.807) is 14.2 Å². The van der Waals surface area contributed by atoms with Gasteiger partial charge >= 0.3 is 5.97 Å². The SMILES string of the molecule is CCN(CC)c1c(OC(C)=O)nc(C)c2cc(OC)c(OC)cc12. The number of carbonyl (C=O) groups is 1. The molecule has 0 spiro atoms. The van der Waals surface area contributed by atoms with Gasteiger partial charge in [0.1, 0.15) is 5.69 Å². The van der Waals surface area contributed by atoms with E-state index in [0.29, 0.717) is 17.4 Å². The van der Waals surface area contributed by atoms with Gasteiger partial charge in [0.05, 0.1) is 14.2 Å². The molecule has 1 heterocycles. The number of anilines is 1. The van der Waals surface area contributed by atoms with Crippen LogP contribution in [0.4, 0.5) is 5.69 Å². The molecule has 1 aromatic carbocycles. The van der Waals surface area contributed by atoms with Crippen LogP contribution in [0.3, 0.4) is 0 Å². The van der Waals surface area contributed by atoms with Crippen molar-refractivity contribution in [3.63, 3.8) is 0 Å². The zero-order chi connectivity index (χ0) is 17.9. The number of aromatic nitrogens is 1. The molecular weight excluding hydrogens is 308 g/mol. The molecule has 0 aliphatic carbocycles. The van der Waals surface area contributed by atoms with E-state index in [0.717, 1.165) is 35.2 Å². The Bertz CT molecular complexity index is 755. The van der Waals surface area contributed by atoms with Gasteiger partial charge in [0.15, 0.2) is 11.5 Å². The zero-order valence-corrected chi connectivity index (χ0v) is 15.1. The molecule has 0 atom stereocenters. The third-order valence-corrected chi connectivity index (χ3v) is 3.96. The summed E-state index contributed by atoms with van der Waals surface area (Å²) < 4.78 is 16.2. The molecule has 0 bridgehead atoms. The molecule has 0 N–H and O–H groups in total. The van der Waals surface area contributed by atoms with Crippen molar-refractivity contribution in [2.75, 3.05) is 32.2 Å². The summed E-state index contributed by atoms with van der Waals surface area (Å²) in [7, 11) is 3.20. The molecular formula is C18H24N2O4. The Morgan fingerprint density at radius 3 is 2.08 bits per heavy atom. The second kappa shape index (κ2) is 7.38. The number of esters is 1. The van der Waals surface area contributed by atoms with Crippen LogP contribution in [0.2, 0.25) is 0 Å². The normalized spacial score (nSPS) is 10.6. The molecule has 0 amide bonds. The lowest BCUT2D eigenvalue weighted by Crippen LogP contribution is -2.24. The largest absolute Gasteiger partial charge is 0.493 e. The first-order valence-corrected chi connectivity index (χ1v) is 7.96. The van der Waals surface area contributed by atoms with Crippen molar-refractivity contribution >= 4 is 22.4 Å². The van der Waals surface area contributed by atoms with Crippen molar-refractivity contribution in [2.24, 2.45) is 0 Å². The van der Waals surface area contributed by atoms with Crippen molar-refractivity contribution in [1.82, 2.24) is 4.98 Å². The van der Waals surface area contributed by atoms with Gasteiger partial charge in [-0.05, 0) is 32.9 Å². The number of aryl methyl sites for hydroxylation is 1. The van der Waals surface area contributed by atoms with Crippen LogP contribution in [-0.2, 0) is 4.79 Å². The van der Waals surface area contributed by atoms with Crippen molar-refractivity contribution in [1.29, 1.82) is 0 Å². The van der Waals surface area contributed by atoms with E-state index in [1.807, 2.05) is 32.9 Å². The summed E-state index contributed by atoms with van der Waals surface area (Å²) in [6, 6.07) is 3.81. The van der Waals surface area contributed by atoms with Crippen LogP contribution in [0.25, 0.3) is 10.8 Å². The molecule has 0 unspecified atom stereocenters. The highest BCUT2D eigenvalue weighted by atomic mass is 16.5. The Morgan fingerprint density at radius 2 is 1.62 bits per heavy atom. The average Bonchev–Trinajstić information content (AvgIpc) is 2.56. The predicted octanol–water partition coefficient (Wildman–Crippen LogP) is 3.33. The van der Waals surface area contributed by atoms with E-state index < -0.39 is 5.97 Å². The lowest BCUT2D eigenvalue weighted by atomic mass is 10.1. The van der Waals surface area contributed by atoms with E-state index >= 15 is 0 Å². The molecule has 6 nitrogen and oxygen atoms in total. The Kier molecular flexibility index (Phi) is 5.49. The number of pyridine rings is 1. The van der Waals surface area contributed by atoms with Gasteiger partial charge in [0, 0.05) is 36.5 Å². The third-order valence-electron chi connectivity index (χ3n) is 3.96.